The van der Waals surface area contributed by atoms with Crippen molar-refractivity contribution < 1.29 is 9.59 Å². The molecule has 0 unspecified atom stereocenters. The van der Waals surface area contributed by atoms with E-state index in [2.05, 4.69) is 36.2 Å². The normalized spacial score (nSPS) is 19.7. The SMILES string of the molecule is Cc1ccc(C(C)(C)C(=O)N2CCC[C@H](c3ccc(C(=O)N4CCCCC4)cn3)C2)cc1. The van der Waals surface area contributed by atoms with Gasteiger partial charge in [-0.2, -0.15) is 0 Å². The van der Waals surface area contributed by atoms with E-state index < -0.39 is 5.41 Å². The molecule has 0 N–H and O–H groups in total. The van der Waals surface area contributed by atoms with Gasteiger partial charge in [-0.15, -0.1) is 0 Å². The Bertz CT molecular complexity index is 944. The van der Waals surface area contributed by atoms with Gasteiger partial charge in [-0.3, -0.25) is 14.6 Å². The largest absolute Gasteiger partial charge is 0.341 e. The third-order valence-corrected chi connectivity index (χ3v) is 7.11. The molecule has 2 amide bonds. The molecule has 1 aromatic heterocycles. The third kappa shape index (κ3) is 4.72. The van der Waals surface area contributed by atoms with Gasteiger partial charge in [0.25, 0.3) is 5.91 Å². The van der Waals surface area contributed by atoms with E-state index in [0.29, 0.717) is 12.1 Å². The first-order valence-electron chi connectivity index (χ1n) is 12.0. The second-order valence-corrected chi connectivity index (χ2v) is 9.91. The third-order valence-electron chi connectivity index (χ3n) is 7.11. The van der Waals surface area contributed by atoms with E-state index in [0.717, 1.165) is 56.6 Å². The average molecular weight is 434 g/mol. The molecule has 2 aliphatic rings. The first-order valence-corrected chi connectivity index (χ1v) is 12.0. The standard InChI is InChI=1S/C27H35N3O2/c1-20-9-12-23(13-10-20)27(2,3)26(32)30-17-7-8-22(19-30)24-14-11-21(18-28-24)25(31)29-15-5-4-6-16-29/h9-14,18,22H,4-8,15-17,19H2,1-3H3/t22-/m0/s1. The molecule has 0 radical (unpaired) electrons. The maximum atomic E-state index is 13.5. The van der Waals surface area contributed by atoms with Crippen LogP contribution in [0.5, 0.6) is 0 Å². The molecular weight excluding hydrogens is 398 g/mol. The predicted molar refractivity (Wildman–Crippen MR) is 127 cm³/mol. The molecule has 1 aromatic carbocycles. The van der Waals surface area contributed by atoms with Crippen molar-refractivity contribution in [2.45, 2.75) is 64.2 Å². The molecule has 5 heteroatoms. The number of pyridine rings is 1. The Morgan fingerprint density at radius 2 is 1.59 bits per heavy atom. The molecule has 0 saturated carbocycles. The summed E-state index contributed by atoms with van der Waals surface area (Å²) in [7, 11) is 0. The van der Waals surface area contributed by atoms with Gasteiger partial charge in [-0.1, -0.05) is 29.8 Å². The summed E-state index contributed by atoms with van der Waals surface area (Å²) >= 11 is 0. The fourth-order valence-electron chi connectivity index (χ4n) is 4.94. The molecule has 0 bridgehead atoms. The first kappa shape index (κ1) is 22.5. The van der Waals surface area contributed by atoms with Crippen molar-refractivity contribution in [3.8, 4) is 0 Å². The van der Waals surface area contributed by atoms with Gasteiger partial charge < -0.3 is 9.80 Å². The van der Waals surface area contributed by atoms with Crippen molar-refractivity contribution in [3.63, 3.8) is 0 Å². The van der Waals surface area contributed by atoms with Gasteiger partial charge >= 0.3 is 0 Å². The number of amides is 2. The van der Waals surface area contributed by atoms with Crippen molar-refractivity contribution >= 4 is 11.8 Å². The van der Waals surface area contributed by atoms with Gasteiger partial charge in [-0.25, -0.2) is 0 Å². The van der Waals surface area contributed by atoms with Crippen molar-refractivity contribution in [1.29, 1.82) is 0 Å². The highest BCUT2D eigenvalue weighted by molar-refractivity contribution is 5.94. The Morgan fingerprint density at radius 3 is 2.25 bits per heavy atom. The van der Waals surface area contributed by atoms with Gasteiger partial charge in [-0.05, 0) is 70.6 Å². The van der Waals surface area contributed by atoms with Crippen LogP contribution < -0.4 is 0 Å². The van der Waals surface area contributed by atoms with E-state index in [1.165, 1.54) is 12.0 Å². The van der Waals surface area contributed by atoms with Gasteiger partial charge in [0, 0.05) is 44.0 Å². The quantitative estimate of drug-likeness (QED) is 0.702. The summed E-state index contributed by atoms with van der Waals surface area (Å²) in [5.41, 5.74) is 3.33. The Balaban J connectivity index is 1.43. The van der Waals surface area contributed by atoms with Gasteiger partial charge in [0.15, 0.2) is 0 Å². The lowest BCUT2D eigenvalue weighted by Gasteiger charge is -2.37. The van der Waals surface area contributed by atoms with Gasteiger partial charge in [0.05, 0.1) is 11.0 Å². The number of aryl methyl sites for hydroxylation is 1. The second-order valence-electron chi connectivity index (χ2n) is 9.91. The van der Waals surface area contributed by atoms with Crippen molar-refractivity contribution in [1.82, 2.24) is 14.8 Å². The van der Waals surface area contributed by atoms with Crippen molar-refractivity contribution in [2.75, 3.05) is 26.2 Å². The van der Waals surface area contributed by atoms with Crippen LogP contribution in [0.3, 0.4) is 0 Å². The summed E-state index contributed by atoms with van der Waals surface area (Å²) in [4.78, 5) is 34.8. The Hall–Kier alpha value is -2.69. The number of hydrogen-bond donors (Lipinski definition) is 0. The molecule has 2 aliphatic heterocycles. The average Bonchev–Trinajstić information content (AvgIpc) is 2.84. The summed E-state index contributed by atoms with van der Waals surface area (Å²) in [6.07, 6.45) is 7.09. The number of piperidine rings is 2. The summed E-state index contributed by atoms with van der Waals surface area (Å²) in [6, 6.07) is 12.2. The fourth-order valence-corrected chi connectivity index (χ4v) is 4.94. The molecule has 170 valence electrons. The molecule has 4 rings (SSSR count). The molecule has 2 fully saturated rings. The van der Waals surface area contributed by atoms with Crippen molar-refractivity contribution in [2.24, 2.45) is 0 Å². The topological polar surface area (TPSA) is 53.5 Å². The van der Waals surface area contributed by atoms with E-state index >= 15 is 0 Å². The Kier molecular flexibility index (Phi) is 6.63. The first-order chi connectivity index (χ1) is 15.4. The molecule has 0 spiro atoms. The Morgan fingerprint density at radius 1 is 0.906 bits per heavy atom. The van der Waals surface area contributed by atoms with Crippen LogP contribution in [0.4, 0.5) is 0 Å². The van der Waals surface area contributed by atoms with Crippen LogP contribution in [0.15, 0.2) is 42.6 Å². The van der Waals surface area contributed by atoms with Crippen LogP contribution in [0.25, 0.3) is 0 Å². The number of nitrogens with zero attached hydrogens (tertiary/aromatic N) is 3. The second kappa shape index (κ2) is 9.43. The van der Waals surface area contributed by atoms with Crippen LogP contribution in [0.2, 0.25) is 0 Å². The number of rotatable bonds is 4. The lowest BCUT2D eigenvalue weighted by atomic mass is 9.81. The highest BCUT2D eigenvalue weighted by Gasteiger charge is 2.36. The van der Waals surface area contributed by atoms with E-state index in [1.54, 1.807) is 6.20 Å². The number of likely N-dealkylation sites (tertiary alicyclic amines) is 2. The summed E-state index contributed by atoms with van der Waals surface area (Å²) in [5.74, 6) is 0.465. The van der Waals surface area contributed by atoms with Crippen LogP contribution >= 0.6 is 0 Å². The van der Waals surface area contributed by atoms with Crippen LogP contribution in [-0.4, -0.2) is 52.8 Å². The summed E-state index contributed by atoms with van der Waals surface area (Å²) in [5, 5.41) is 0. The number of hydrogen-bond acceptors (Lipinski definition) is 3. The molecule has 1 atom stereocenters. The predicted octanol–water partition coefficient (Wildman–Crippen LogP) is 4.70. The number of carbonyl (C=O) groups excluding carboxylic acids is 2. The maximum absolute atomic E-state index is 13.5. The zero-order valence-electron chi connectivity index (χ0n) is 19.6. The monoisotopic (exact) mass is 433 g/mol. The molecule has 3 heterocycles. The van der Waals surface area contributed by atoms with E-state index in [4.69, 9.17) is 0 Å². The molecule has 5 nitrogen and oxygen atoms in total. The van der Waals surface area contributed by atoms with Crippen LogP contribution in [0.1, 0.15) is 79.0 Å². The number of aromatic nitrogens is 1. The van der Waals surface area contributed by atoms with Gasteiger partial charge in [0.1, 0.15) is 0 Å². The highest BCUT2D eigenvalue weighted by Crippen LogP contribution is 2.31. The van der Waals surface area contributed by atoms with Crippen LogP contribution in [-0.2, 0) is 10.2 Å². The molecule has 32 heavy (non-hydrogen) atoms. The summed E-state index contributed by atoms with van der Waals surface area (Å²) in [6.45, 7) is 9.25. The minimum Gasteiger partial charge on any atom is -0.341 e. The van der Waals surface area contributed by atoms with E-state index in [9.17, 15) is 9.59 Å². The van der Waals surface area contributed by atoms with Crippen molar-refractivity contribution in [3.05, 3.63) is 65.0 Å². The minimum absolute atomic E-state index is 0.0871. The fraction of sp³-hybridized carbons (Fsp3) is 0.519. The smallest absolute Gasteiger partial charge is 0.255 e. The van der Waals surface area contributed by atoms with E-state index in [-0.39, 0.29) is 17.7 Å². The summed E-state index contributed by atoms with van der Waals surface area (Å²) < 4.78 is 0. The Labute approximate surface area is 191 Å². The maximum Gasteiger partial charge on any atom is 0.255 e. The van der Waals surface area contributed by atoms with E-state index in [1.807, 2.05) is 35.8 Å². The molecule has 2 saturated heterocycles. The van der Waals surface area contributed by atoms with Gasteiger partial charge in [0.2, 0.25) is 5.91 Å². The minimum atomic E-state index is -0.562. The zero-order valence-corrected chi connectivity index (χ0v) is 19.6. The number of carbonyl (C=O) groups is 2. The van der Waals surface area contributed by atoms with Crippen LogP contribution in [0, 0.1) is 6.92 Å². The lowest BCUT2D eigenvalue weighted by Crippen LogP contribution is -2.47. The molecule has 0 aliphatic carbocycles. The lowest BCUT2D eigenvalue weighted by molar-refractivity contribution is -0.137. The highest BCUT2D eigenvalue weighted by atomic mass is 16.2. The molecular formula is C27H35N3O2. The zero-order chi connectivity index (χ0) is 22.7. The molecule has 2 aromatic rings. The number of benzene rings is 1.